The highest BCUT2D eigenvalue weighted by atomic mass is 16.3. The Balaban J connectivity index is 1.04. The minimum Gasteiger partial charge on any atom is -0.456 e. The van der Waals surface area contributed by atoms with E-state index in [0.717, 1.165) is 82.8 Å². The molecule has 0 amide bonds. The molecule has 274 valence electrons. The smallest absolute Gasteiger partial charge is 0.180 e. The number of nitrogens with zero attached hydrogens (tertiary/aromatic N) is 3. The van der Waals surface area contributed by atoms with Gasteiger partial charge in [-0.05, 0) is 99.4 Å². The zero-order chi connectivity index (χ0) is 38.6. The highest BCUT2D eigenvalue weighted by Crippen LogP contribution is 2.43. The predicted octanol–water partition coefficient (Wildman–Crippen LogP) is 14.7. The molecular formula is C54H31N3O2. The Kier molecular flexibility index (Phi) is 6.66. The van der Waals surface area contributed by atoms with E-state index >= 15 is 0 Å². The van der Waals surface area contributed by atoms with Gasteiger partial charge < -0.3 is 13.4 Å². The van der Waals surface area contributed by atoms with E-state index in [1.54, 1.807) is 0 Å². The Bertz CT molecular complexity index is 3850. The van der Waals surface area contributed by atoms with Crippen LogP contribution in [0.25, 0.3) is 127 Å². The normalized spacial score (nSPS) is 12.1. The van der Waals surface area contributed by atoms with Crippen molar-refractivity contribution in [2.75, 3.05) is 0 Å². The summed E-state index contributed by atoms with van der Waals surface area (Å²) in [6, 6.07) is 66.1. The van der Waals surface area contributed by atoms with Gasteiger partial charge in [0.25, 0.3) is 0 Å². The molecule has 0 fully saturated rings. The summed E-state index contributed by atoms with van der Waals surface area (Å²) in [6.07, 6.45) is 0. The molecule has 0 radical (unpaired) electrons. The second-order valence-corrected chi connectivity index (χ2v) is 15.3. The van der Waals surface area contributed by atoms with Crippen molar-refractivity contribution in [1.82, 2.24) is 14.5 Å². The van der Waals surface area contributed by atoms with Gasteiger partial charge in [0, 0.05) is 43.7 Å². The van der Waals surface area contributed by atoms with E-state index in [2.05, 4.69) is 162 Å². The Labute approximate surface area is 337 Å². The van der Waals surface area contributed by atoms with Gasteiger partial charge in [0.1, 0.15) is 28.0 Å². The largest absolute Gasteiger partial charge is 0.456 e. The van der Waals surface area contributed by atoms with E-state index in [9.17, 15) is 0 Å². The first-order valence-electron chi connectivity index (χ1n) is 19.9. The van der Waals surface area contributed by atoms with Gasteiger partial charge in [-0.25, -0.2) is 9.97 Å². The van der Waals surface area contributed by atoms with Crippen molar-refractivity contribution >= 4 is 87.4 Å². The molecule has 0 N–H and O–H groups in total. The standard InChI is InChI=1S/C54H31N3O2/c1-2-14-35(15-3-1)57-45-22-10-8-19-39(45)42-29-32(25-27-46(42)57)33-26-28-48-44(30-33)50-41(21-12-24-49(50)58-48)54-55-51-40-20-9-11-23-47(40)59-53(51)52(56-54)43-31-34-13-4-5-16-36(34)37-17-6-7-18-38(37)43/h1-31H. The maximum atomic E-state index is 6.64. The lowest BCUT2D eigenvalue weighted by atomic mass is 9.95. The third-order valence-electron chi connectivity index (χ3n) is 12.0. The quantitative estimate of drug-likeness (QED) is 0.168. The summed E-state index contributed by atoms with van der Waals surface area (Å²) in [5, 5.41) is 10.00. The molecule has 9 aromatic carbocycles. The van der Waals surface area contributed by atoms with Crippen LogP contribution in [0.3, 0.4) is 0 Å². The van der Waals surface area contributed by atoms with Gasteiger partial charge in [-0.1, -0.05) is 121 Å². The summed E-state index contributed by atoms with van der Waals surface area (Å²) < 4.78 is 15.6. The molecule has 5 heteroatoms. The zero-order valence-electron chi connectivity index (χ0n) is 31.6. The maximum absolute atomic E-state index is 6.64. The Hall–Kier alpha value is -8.02. The van der Waals surface area contributed by atoms with Crippen molar-refractivity contribution < 1.29 is 8.83 Å². The number of benzene rings is 9. The molecule has 4 aromatic heterocycles. The molecule has 0 aliphatic heterocycles. The molecule has 0 aliphatic rings. The van der Waals surface area contributed by atoms with Crippen LogP contribution in [0.1, 0.15) is 0 Å². The molecular weight excluding hydrogens is 723 g/mol. The first kappa shape index (κ1) is 32.1. The second kappa shape index (κ2) is 12.2. The van der Waals surface area contributed by atoms with Crippen LogP contribution in [0.4, 0.5) is 0 Å². The van der Waals surface area contributed by atoms with E-state index < -0.39 is 0 Å². The number of hydrogen-bond donors (Lipinski definition) is 0. The van der Waals surface area contributed by atoms with Gasteiger partial charge in [0.05, 0.1) is 11.0 Å². The summed E-state index contributed by atoms with van der Waals surface area (Å²) in [5.74, 6) is 0.616. The maximum Gasteiger partial charge on any atom is 0.180 e. The fourth-order valence-corrected chi connectivity index (χ4v) is 9.34. The molecule has 0 saturated heterocycles. The molecule has 0 atom stereocenters. The van der Waals surface area contributed by atoms with Crippen molar-refractivity contribution in [2.45, 2.75) is 0 Å². The van der Waals surface area contributed by atoms with Crippen LogP contribution in [-0.4, -0.2) is 14.5 Å². The summed E-state index contributed by atoms with van der Waals surface area (Å²) >= 11 is 0. The van der Waals surface area contributed by atoms with Crippen LogP contribution in [0, 0.1) is 0 Å². The van der Waals surface area contributed by atoms with E-state index in [0.29, 0.717) is 11.4 Å². The highest BCUT2D eigenvalue weighted by molar-refractivity contribution is 6.18. The third kappa shape index (κ3) is 4.73. The predicted molar refractivity (Wildman–Crippen MR) is 242 cm³/mol. The SMILES string of the molecule is c1ccc(-n2c3ccccc3c3cc(-c4ccc5oc6cccc(-c7nc(-c8cc9ccccc9c9ccccc89)c8oc9ccccc9c8n7)c6c5c4)ccc32)cc1. The number of rotatable bonds is 4. The second-order valence-electron chi connectivity index (χ2n) is 15.3. The zero-order valence-corrected chi connectivity index (χ0v) is 31.6. The van der Waals surface area contributed by atoms with Crippen LogP contribution in [-0.2, 0) is 0 Å². The third-order valence-corrected chi connectivity index (χ3v) is 12.0. The van der Waals surface area contributed by atoms with Crippen molar-refractivity contribution in [2.24, 2.45) is 0 Å². The van der Waals surface area contributed by atoms with Crippen LogP contribution >= 0.6 is 0 Å². The summed E-state index contributed by atoms with van der Waals surface area (Å²) in [5.41, 5.74) is 12.2. The van der Waals surface area contributed by atoms with Crippen LogP contribution in [0.5, 0.6) is 0 Å². The molecule has 0 spiro atoms. The Morgan fingerprint density at radius 1 is 0.390 bits per heavy atom. The molecule has 59 heavy (non-hydrogen) atoms. The molecule has 4 heterocycles. The average molecular weight is 754 g/mol. The molecule has 0 unspecified atom stereocenters. The summed E-state index contributed by atoms with van der Waals surface area (Å²) in [7, 11) is 0. The molecule has 0 bridgehead atoms. The highest BCUT2D eigenvalue weighted by Gasteiger charge is 2.23. The fourth-order valence-electron chi connectivity index (χ4n) is 9.34. The number of aromatic nitrogens is 3. The lowest BCUT2D eigenvalue weighted by Gasteiger charge is -2.12. The molecule has 13 rings (SSSR count). The van der Waals surface area contributed by atoms with Crippen molar-refractivity contribution in [3.05, 3.63) is 188 Å². The van der Waals surface area contributed by atoms with Gasteiger partial charge in [-0.2, -0.15) is 0 Å². The van der Waals surface area contributed by atoms with Gasteiger partial charge in [-0.15, -0.1) is 0 Å². The molecule has 0 aliphatic carbocycles. The number of para-hydroxylation sites is 3. The van der Waals surface area contributed by atoms with Gasteiger partial charge in [0.2, 0.25) is 0 Å². The Morgan fingerprint density at radius 2 is 1.05 bits per heavy atom. The number of furan rings is 2. The fraction of sp³-hybridized carbons (Fsp3) is 0. The Morgan fingerprint density at radius 3 is 1.93 bits per heavy atom. The van der Waals surface area contributed by atoms with E-state index in [-0.39, 0.29) is 0 Å². The van der Waals surface area contributed by atoms with Gasteiger partial charge >= 0.3 is 0 Å². The lowest BCUT2D eigenvalue weighted by molar-refractivity contribution is 0.667. The first-order chi connectivity index (χ1) is 29.2. The minimum absolute atomic E-state index is 0.616. The van der Waals surface area contributed by atoms with Crippen molar-refractivity contribution in [3.8, 4) is 39.5 Å². The first-order valence-corrected chi connectivity index (χ1v) is 19.9. The summed E-state index contributed by atoms with van der Waals surface area (Å²) in [6.45, 7) is 0. The molecule has 5 nitrogen and oxygen atoms in total. The van der Waals surface area contributed by atoms with Crippen LogP contribution in [0.15, 0.2) is 197 Å². The number of hydrogen-bond acceptors (Lipinski definition) is 4. The topological polar surface area (TPSA) is 57.0 Å². The lowest BCUT2D eigenvalue weighted by Crippen LogP contribution is -1.95. The van der Waals surface area contributed by atoms with Crippen LogP contribution < -0.4 is 0 Å². The van der Waals surface area contributed by atoms with Crippen molar-refractivity contribution in [3.63, 3.8) is 0 Å². The summed E-state index contributed by atoms with van der Waals surface area (Å²) in [4.78, 5) is 10.8. The van der Waals surface area contributed by atoms with E-state index in [1.165, 1.54) is 32.6 Å². The van der Waals surface area contributed by atoms with Crippen molar-refractivity contribution in [1.29, 1.82) is 0 Å². The van der Waals surface area contributed by atoms with E-state index in [4.69, 9.17) is 18.8 Å². The van der Waals surface area contributed by atoms with Crippen LogP contribution in [0.2, 0.25) is 0 Å². The van der Waals surface area contributed by atoms with Gasteiger partial charge in [0.15, 0.2) is 11.4 Å². The van der Waals surface area contributed by atoms with Gasteiger partial charge in [-0.3, -0.25) is 0 Å². The molecule has 13 aromatic rings. The average Bonchev–Trinajstić information content (AvgIpc) is 3.98. The molecule has 0 saturated carbocycles. The van der Waals surface area contributed by atoms with E-state index in [1.807, 2.05) is 30.3 Å². The minimum atomic E-state index is 0.616. The number of fused-ring (bicyclic) bond motifs is 12. The monoisotopic (exact) mass is 753 g/mol.